The van der Waals surface area contributed by atoms with E-state index in [1.807, 2.05) is 25.3 Å². The lowest BCUT2D eigenvalue weighted by Gasteiger charge is -1.97. The fraction of sp³-hybridized carbons (Fsp3) is 0.0714. The van der Waals surface area contributed by atoms with Gasteiger partial charge in [0, 0.05) is 11.8 Å². The van der Waals surface area contributed by atoms with Crippen molar-refractivity contribution in [2.45, 2.75) is 6.92 Å². The van der Waals surface area contributed by atoms with E-state index in [0.29, 0.717) is 11.4 Å². The normalized spacial score (nSPS) is 10.8. The van der Waals surface area contributed by atoms with E-state index in [0.717, 1.165) is 11.2 Å². The Balaban J connectivity index is 2.13. The second-order valence-corrected chi connectivity index (χ2v) is 4.33. The molecule has 0 saturated carbocycles. The van der Waals surface area contributed by atoms with Crippen LogP contribution in [0.4, 0.5) is 0 Å². The van der Waals surface area contributed by atoms with Gasteiger partial charge in [0.1, 0.15) is 0 Å². The summed E-state index contributed by atoms with van der Waals surface area (Å²) in [6, 6.07) is 10.5. The summed E-state index contributed by atoms with van der Waals surface area (Å²) in [5, 5.41) is 13.3. The molecule has 0 spiro atoms. The maximum absolute atomic E-state index is 11.0. The molecule has 0 bridgehead atoms. The van der Waals surface area contributed by atoms with Gasteiger partial charge in [0.25, 0.3) is 0 Å². The zero-order valence-corrected chi connectivity index (χ0v) is 10.2. The number of carboxylic acid groups (broad SMARTS) is 1. The predicted octanol–water partition coefficient (Wildman–Crippen LogP) is 2.40. The average molecular weight is 253 g/mol. The van der Waals surface area contributed by atoms with Crippen molar-refractivity contribution in [1.29, 1.82) is 0 Å². The molecule has 1 N–H and O–H groups in total. The van der Waals surface area contributed by atoms with Crippen molar-refractivity contribution in [1.82, 2.24) is 14.6 Å². The maximum Gasteiger partial charge on any atom is 0.335 e. The molecule has 0 aliphatic carbocycles. The smallest absolute Gasteiger partial charge is 0.335 e. The average Bonchev–Trinajstić information content (AvgIpc) is 2.81. The van der Waals surface area contributed by atoms with E-state index in [-0.39, 0.29) is 5.56 Å². The first-order chi connectivity index (χ1) is 9.13. The number of pyridine rings is 1. The van der Waals surface area contributed by atoms with Gasteiger partial charge in [-0.05, 0) is 30.7 Å². The summed E-state index contributed by atoms with van der Waals surface area (Å²) in [5.74, 6) is -0.435. The van der Waals surface area contributed by atoms with Gasteiger partial charge in [0.05, 0.1) is 5.56 Å². The minimum absolute atomic E-state index is 0.229. The standard InChI is InChI=1S/C14H11N3O2/c1-9-5-6-12-15-13(16-17(12)8-9)10-3-2-4-11(7-10)14(18)19/h2-8H,1H3,(H,18,19). The van der Waals surface area contributed by atoms with Crippen molar-refractivity contribution in [3.8, 4) is 11.4 Å². The van der Waals surface area contributed by atoms with Crippen molar-refractivity contribution < 1.29 is 9.90 Å². The summed E-state index contributed by atoms with van der Waals surface area (Å²) < 4.78 is 1.69. The molecule has 2 heterocycles. The zero-order chi connectivity index (χ0) is 13.4. The third-order valence-corrected chi connectivity index (χ3v) is 2.85. The van der Waals surface area contributed by atoms with Crippen LogP contribution < -0.4 is 0 Å². The molecule has 0 amide bonds. The van der Waals surface area contributed by atoms with Gasteiger partial charge >= 0.3 is 5.97 Å². The van der Waals surface area contributed by atoms with Crippen LogP contribution in [-0.4, -0.2) is 25.7 Å². The van der Waals surface area contributed by atoms with E-state index in [9.17, 15) is 4.79 Å². The van der Waals surface area contributed by atoms with Crippen LogP contribution >= 0.6 is 0 Å². The molecule has 0 atom stereocenters. The lowest BCUT2D eigenvalue weighted by molar-refractivity contribution is 0.0697. The van der Waals surface area contributed by atoms with Crippen LogP contribution in [0.1, 0.15) is 15.9 Å². The zero-order valence-electron chi connectivity index (χ0n) is 10.2. The minimum Gasteiger partial charge on any atom is -0.478 e. The first kappa shape index (κ1) is 11.4. The SMILES string of the molecule is Cc1ccc2nc(-c3cccc(C(=O)O)c3)nn2c1. The summed E-state index contributed by atoms with van der Waals surface area (Å²) in [4.78, 5) is 15.3. The number of nitrogens with zero attached hydrogens (tertiary/aromatic N) is 3. The molecule has 1 aromatic carbocycles. The number of hydrogen-bond donors (Lipinski definition) is 1. The van der Waals surface area contributed by atoms with E-state index >= 15 is 0 Å². The largest absolute Gasteiger partial charge is 0.478 e. The lowest BCUT2D eigenvalue weighted by atomic mass is 10.1. The highest BCUT2D eigenvalue weighted by atomic mass is 16.4. The summed E-state index contributed by atoms with van der Waals surface area (Å²) in [6.45, 7) is 1.98. The van der Waals surface area contributed by atoms with Gasteiger partial charge in [-0.2, -0.15) is 0 Å². The molecule has 19 heavy (non-hydrogen) atoms. The van der Waals surface area contributed by atoms with Gasteiger partial charge in [-0.25, -0.2) is 14.3 Å². The summed E-state index contributed by atoms with van der Waals surface area (Å²) in [7, 11) is 0. The highest BCUT2D eigenvalue weighted by Gasteiger charge is 2.09. The van der Waals surface area contributed by atoms with E-state index in [1.54, 1.807) is 28.8 Å². The van der Waals surface area contributed by atoms with Gasteiger partial charge in [0.15, 0.2) is 11.5 Å². The van der Waals surface area contributed by atoms with Crippen LogP contribution in [0.15, 0.2) is 42.6 Å². The molecule has 5 nitrogen and oxygen atoms in total. The molecule has 3 aromatic rings. The molecule has 0 unspecified atom stereocenters. The van der Waals surface area contributed by atoms with Gasteiger partial charge in [-0.15, -0.1) is 5.10 Å². The van der Waals surface area contributed by atoms with E-state index in [2.05, 4.69) is 10.1 Å². The lowest BCUT2D eigenvalue weighted by Crippen LogP contribution is -1.96. The Morgan fingerprint density at radius 2 is 2.11 bits per heavy atom. The number of aromatic nitrogens is 3. The van der Waals surface area contributed by atoms with Crippen LogP contribution in [0.3, 0.4) is 0 Å². The van der Waals surface area contributed by atoms with Crippen LogP contribution in [0.5, 0.6) is 0 Å². The van der Waals surface area contributed by atoms with E-state index in [4.69, 9.17) is 5.11 Å². The highest BCUT2D eigenvalue weighted by Crippen LogP contribution is 2.18. The Bertz CT molecular complexity index is 777. The molecule has 0 saturated heterocycles. The molecular weight excluding hydrogens is 242 g/mol. The van der Waals surface area contributed by atoms with Crippen molar-refractivity contribution in [2.24, 2.45) is 0 Å². The maximum atomic E-state index is 11.0. The Kier molecular flexibility index (Phi) is 2.52. The van der Waals surface area contributed by atoms with Crippen LogP contribution in [0, 0.1) is 6.92 Å². The molecule has 0 fully saturated rings. The second kappa shape index (κ2) is 4.20. The molecule has 0 aliphatic rings. The number of hydrogen-bond acceptors (Lipinski definition) is 3. The highest BCUT2D eigenvalue weighted by molar-refractivity contribution is 5.89. The van der Waals surface area contributed by atoms with E-state index in [1.165, 1.54) is 0 Å². The Labute approximate surface area is 109 Å². The first-order valence-corrected chi connectivity index (χ1v) is 5.80. The Morgan fingerprint density at radius 3 is 2.89 bits per heavy atom. The summed E-state index contributed by atoms with van der Waals surface area (Å²) in [6.07, 6.45) is 1.88. The van der Waals surface area contributed by atoms with E-state index < -0.39 is 5.97 Å². The second-order valence-electron chi connectivity index (χ2n) is 4.33. The molecular formula is C14H11N3O2. The Morgan fingerprint density at radius 1 is 1.26 bits per heavy atom. The summed E-state index contributed by atoms with van der Waals surface area (Å²) in [5.41, 5.74) is 2.75. The van der Waals surface area contributed by atoms with Gasteiger partial charge in [-0.3, -0.25) is 0 Å². The minimum atomic E-state index is -0.957. The third kappa shape index (κ3) is 2.06. The molecule has 5 heteroatoms. The van der Waals surface area contributed by atoms with Crippen molar-refractivity contribution in [3.63, 3.8) is 0 Å². The molecule has 0 aliphatic heterocycles. The number of aryl methyl sites for hydroxylation is 1. The number of rotatable bonds is 2. The molecule has 94 valence electrons. The number of carbonyl (C=O) groups is 1. The van der Waals surface area contributed by atoms with Crippen LogP contribution in [0.2, 0.25) is 0 Å². The third-order valence-electron chi connectivity index (χ3n) is 2.85. The topological polar surface area (TPSA) is 67.5 Å². The summed E-state index contributed by atoms with van der Waals surface area (Å²) >= 11 is 0. The number of aromatic carboxylic acids is 1. The molecule has 2 aromatic heterocycles. The van der Waals surface area contributed by atoms with Crippen molar-refractivity contribution in [2.75, 3.05) is 0 Å². The molecule has 0 radical (unpaired) electrons. The fourth-order valence-electron chi connectivity index (χ4n) is 1.90. The quantitative estimate of drug-likeness (QED) is 0.761. The van der Waals surface area contributed by atoms with Crippen molar-refractivity contribution in [3.05, 3.63) is 53.7 Å². The van der Waals surface area contributed by atoms with Gasteiger partial charge in [0.2, 0.25) is 0 Å². The van der Waals surface area contributed by atoms with Crippen molar-refractivity contribution >= 4 is 11.6 Å². The first-order valence-electron chi connectivity index (χ1n) is 5.80. The number of carboxylic acids is 1. The van der Waals surface area contributed by atoms with Crippen LogP contribution in [0.25, 0.3) is 17.0 Å². The predicted molar refractivity (Wildman–Crippen MR) is 70.1 cm³/mol. The number of fused-ring (bicyclic) bond motifs is 1. The van der Waals surface area contributed by atoms with Gasteiger partial charge < -0.3 is 5.11 Å². The monoisotopic (exact) mass is 253 g/mol. The molecule has 3 rings (SSSR count). The van der Waals surface area contributed by atoms with Gasteiger partial charge in [-0.1, -0.05) is 18.2 Å². The Hall–Kier alpha value is -2.69. The fourth-order valence-corrected chi connectivity index (χ4v) is 1.90. The number of benzene rings is 1. The van der Waals surface area contributed by atoms with Crippen LogP contribution in [-0.2, 0) is 0 Å².